The van der Waals surface area contributed by atoms with Gasteiger partial charge in [-0.15, -0.1) is 6.42 Å². The average molecular weight is 568 g/mol. The van der Waals surface area contributed by atoms with Crippen molar-refractivity contribution in [3.8, 4) is 23.6 Å². The lowest BCUT2D eigenvalue weighted by atomic mass is 9.84. The van der Waals surface area contributed by atoms with E-state index in [4.69, 9.17) is 16.9 Å². The maximum atomic E-state index is 15.3. The molecular weight excluding hydrogens is 533 g/mol. The first-order chi connectivity index (χ1) is 19.1. The van der Waals surface area contributed by atoms with Gasteiger partial charge in [-0.05, 0) is 37.1 Å². The molecule has 5 rings (SSSR count). The van der Waals surface area contributed by atoms with Crippen molar-refractivity contribution in [3.63, 3.8) is 0 Å². The molecule has 1 aromatic carbocycles. The third-order valence-electron chi connectivity index (χ3n) is 8.00. The Bertz CT molecular complexity index is 1360. The molecule has 1 aromatic heterocycles. The van der Waals surface area contributed by atoms with Crippen LogP contribution in [-0.2, 0) is 14.3 Å². The third-order valence-corrected chi connectivity index (χ3v) is 8.91. The van der Waals surface area contributed by atoms with Crippen molar-refractivity contribution >= 4 is 34.1 Å². The summed E-state index contributed by atoms with van der Waals surface area (Å²) in [5, 5.41) is 0.158. The number of thiazole rings is 1. The second kappa shape index (κ2) is 11.3. The number of piperazine rings is 1. The number of Topliss-reactive ketones (excluding diaryl/α,β-unsaturated/α-hetero) is 1. The molecule has 2 aromatic rings. The van der Waals surface area contributed by atoms with Gasteiger partial charge in [-0.25, -0.2) is 4.98 Å². The fourth-order valence-corrected chi connectivity index (χ4v) is 6.76. The first kappa shape index (κ1) is 28.2. The average Bonchev–Trinajstić information content (AvgIpc) is 3.61. The van der Waals surface area contributed by atoms with Crippen LogP contribution in [0.1, 0.15) is 42.1 Å². The number of terminal acetylenes is 1. The predicted octanol–water partition coefficient (Wildman–Crippen LogP) is 2.36. The van der Waals surface area contributed by atoms with Gasteiger partial charge in [0, 0.05) is 43.9 Å². The van der Waals surface area contributed by atoms with Crippen molar-refractivity contribution in [2.75, 3.05) is 51.3 Å². The standard InChI is InChI=1S/C29H34FN5O4S/c1-5-17-14-35(24-22(36)15-39-25(17)24)28(38)21(12-16(2)3)20-13-18(6-7-19(20)27(31)37)23-26(30)40-29(32-23)34-10-8-33(4)9-11-34/h1,6-7,13,16-17,21,24-25H,8-12,14-15H2,2-4H3,(H2,31,37)/t17-,21+,24-,25-/m1/s1. The molecule has 4 atom stereocenters. The highest BCUT2D eigenvalue weighted by atomic mass is 32.1. The number of nitrogens with zero attached hydrogens (tertiary/aromatic N) is 4. The van der Waals surface area contributed by atoms with Crippen molar-refractivity contribution in [1.82, 2.24) is 14.8 Å². The number of halogens is 1. The minimum absolute atomic E-state index is 0.0653. The fraction of sp³-hybridized carbons (Fsp3) is 0.517. The first-order valence-electron chi connectivity index (χ1n) is 13.5. The molecule has 0 bridgehead atoms. The van der Waals surface area contributed by atoms with Crippen LogP contribution >= 0.6 is 11.3 Å². The van der Waals surface area contributed by atoms with Gasteiger partial charge in [0.25, 0.3) is 0 Å². The Morgan fingerprint density at radius 3 is 2.65 bits per heavy atom. The van der Waals surface area contributed by atoms with Crippen molar-refractivity contribution in [3.05, 3.63) is 34.5 Å². The zero-order valence-corrected chi connectivity index (χ0v) is 23.7. The second-order valence-electron chi connectivity index (χ2n) is 11.2. The molecule has 0 aliphatic carbocycles. The summed E-state index contributed by atoms with van der Waals surface area (Å²) in [4.78, 5) is 49.8. The number of benzene rings is 1. The van der Waals surface area contributed by atoms with Crippen molar-refractivity contribution in [2.24, 2.45) is 17.6 Å². The van der Waals surface area contributed by atoms with Crippen LogP contribution in [0.15, 0.2) is 18.2 Å². The number of ketones is 1. The minimum atomic E-state index is -0.799. The van der Waals surface area contributed by atoms with E-state index >= 15 is 4.39 Å². The SMILES string of the molecule is C#C[C@@H]1CN(C(=O)[C@@H](CC(C)C)c2cc(-c3nc(N4CCN(C)CC4)sc3F)ccc2C(N)=O)[C@@H]2C(=O)CO[C@H]12. The maximum Gasteiger partial charge on any atom is 0.249 e. The Kier molecular flexibility index (Phi) is 7.95. The van der Waals surface area contributed by atoms with Crippen LogP contribution in [0, 0.1) is 29.3 Å². The highest BCUT2D eigenvalue weighted by Crippen LogP contribution is 2.39. The number of fused-ring (bicyclic) bond motifs is 1. The van der Waals surface area contributed by atoms with Gasteiger partial charge in [0.2, 0.25) is 16.9 Å². The van der Waals surface area contributed by atoms with E-state index in [1.165, 1.54) is 11.0 Å². The van der Waals surface area contributed by atoms with Gasteiger partial charge in [0.05, 0.1) is 11.8 Å². The number of likely N-dealkylation sites (N-methyl/N-ethyl adjacent to an activating group) is 1. The number of likely N-dealkylation sites (tertiary alicyclic amines) is 1. The summed E-state index contributed by atoms with van der Waals surface area (Å²) in [5.41, 5.74) is 6.95. The van der Waals surface area contributed by atoms with Crippen LogP contribution in [0.25, 0.3) is 11.3 Å². The topological polar surface area (TPSA) is 109 Å². The lowest BCUT2D eigenvalue weighted by Crippen LogP contribution is -2.44. The molecule has 40 heavy (non-hydrogen) atoms. The third kappa shape index (κ3) is 5.23. The largest absolute Gasteiger partial charge is 0.366 e. The van der Waals surface area contributed by atoms with Crippen molar-refractivity contribution < 1.29 is 23.5 Å². The highest BCUT2D eigenvalue weighted by molar-refractivity contribution is 7.14. The Labute approximate surface area is 237 Å². The normalized spacial score (nSPS) is 23.9. The van der Waals surface area contributed by atoms with Gasteiger partial charge < -0.3 is 25.2 Å². The van der Waals surface area contributed by atoms with E-state index in [1.54, 1.807) is 12.1 Å². The molecule has 0 radical (unpaired) electrons. The van der Waals surface area contributed by atoms with E-state index in [1.807, 2.05) is 20.9 Å². The Morgan fingerprint density at radius 2 is 2.00 bits per heavy atom. The molecule has 9 nitrogen and oxygen atoms in total. The molecule has 212 valence electrons. The molecular formula is C29H34FN5O4S. The smallest absolute Gasteiger partial charge is 0.249 e. The first-order valence-corrected chi connectivity index (χ1v) is 14.4. The van der Waals surface area contributed by atoms with Gasteiger partial charge >= 0.3 is 0 Å². The maximum absolute atomic E-state index is 15.3. The number of hydrogen-bond acceptors (Lipinski definition) is 8. The number of carbonyl (C=O) groups excluding carboxylic acids is 3. The lowest BCUT2D eigenvalue weighted by molar-refractivity contribution is -0.138. The zero-order chi connectivity index (χ0) is 28.7. The number of ether oxygens (including phenoxy) is 1. The molecule has 11 heteroatoms. The van der Waals surface area contributed by atoms with E-state index in [0.717, 1.165) is 37.5 Å². The quantitative estimate of drug-likeness (QED) is 0.512. The van der Waals surface area contributed by atoms with Crippen LogP contribution in [-0.4, -0.2) is 90.9 Å². The fourth-order valence-electron chi connectivity index (χ4n) is 5.89. The number of anilines is 1. The van der Waals surface area contributed by atoms with Gasteiger partial charge in [-0.1, -0.05) is 37.2 Å². The molecule has 0 unspecified atom stereocenters. The number of aromatic nitrogens is 1. The molecule has 4 heterocycles. The summed E-state index contributed by atoms with van der Waals surface area (Å²) in [6, 6.07) is 4.03. The van der Waals surface area contributed by atoms with E-state index < -0.39 is 35.0 Å². The van der Waals surface area contributed by atoms with Crippen LogP contribution in [0.5, 0.6) is 0 Å². The molecule has 3 aliphatic rings. The zero-order valence-electron chi connectivity index (χ0n) is 22.9. The summed E-state index contributed by atoms with van der Waals surface area (Å²) in [6.07, 6.45) is 5.55. The van der Waals surface area contributed by atoms with Gasteiger partial charge in [0.1, 0.15) is 24.4 Å². The summed E-state index contributed by atoms with van der Waals surface area (Å²) >= 11 is 0.985. The molecule has 0 spiro atoms. The highest BCUT2D eigenvalue weighted by Gasteiger charge is 2.52. The van der Waals surface area contributed by atoms with E-state index in [0.29, 0.717) is 22.7 Å². The molecule has 3 fully saturated rings. The number of nitrogens with two attached hydrogens (primary N) is 1. The summed E-state index contributed by atoms with van der Waals surface area (Å²) in [7, 11) is 2.05. The van der Waals surface area contributed by atoms with Gasteiger partial charge in [0.15, 0.2) is 10.9 Å². The lowest BCUT2D eigenvalue weighted by Gasteiger charge is -2.32. The second-order valence-corrected chi connectivity index (χ2v) is 12.1. The summed E-state index contributed by atoms with van der Waals surface area (Å²) in [6.45, 7) is 7.25. The predicted molar refractivity (Wildman–Crippen MR) is 151 cm³/mol. The van der Waals surface area contributed by atoms with E-state index in [2.05, 4.69) is 20.7 Å². The van der Waals surface area contributed by atoms with Crippen LogP contribution in [0.2, 0.25) is 0 Å². The monoisotopic (exact) mass is 567 g/mol. The molecule has 3 saturated heterocycles. The molecule has 2 amide bonds. The number of carbonyl (C=O) groups is 3. The van der Waals surface area contributed by atoms with Crippen molar-refractivity contribution in [2.45, 2.75) is 38.3 Å². The van der Waals surface area contributed by atoms with Gasteiger partial charge in [-0.2, -0.15) is 4.39 Å². The van der Waals surface area contributed by atoms with Crippen LogP contribution in [0.3, 0.4) is 0 Å². The number of primary amides is 1. The van der Waals surface area contributed by atoms with Crippen LogP contribution < -0.4 is 10.6 Å². The Morgan fingerprint density at radius 1 is 1.27 bits per heavy atom. The number of amides is 2. The van der Waals surface area contributed by atoms with Crippen molar-refractivity contribution in [1.29, 1.82) is 0 Å². The van der Waals surface area contributed by atoms with Crippen LogP contribution in [0.4, 0.5) is 9.52 Å². The summed E-state index contributed by atoms with van der Waals surface area (Å²) in [5.74, 6) is 0.314. The number of rotatable bonds is 7. The molecule has 2 N–H and O–H groups in total. The van der Waals surface area contributed by atoms with E-state index in [-0.39, 0.29) is 42.0 Å². The molecule has 3 aliphatic heterocycles. The summed E-state index contributed by atoms with van der Waals surface area (Å²) < 4.78 is 20.9. The Hall–Kier alpha value is -3.33. The Balaban J connectivity index is 1.53. The molecule has 0 saturated carbocycles. The number of hydrogen-bond donors (Lipinski definition) is 1. The van der Waals surface area contributed by atoms with Gasteiger partial charge in [-0.3, -0.25) is 14.4 Å². The minimum Gasteiger partial charge on any atom is -0.366 e. The van der Waals surface area contributed by atoms with E-state index in [9.17, 15) is 14.4 Å².